The van der Waals surface area contributed by atoms with Gasteiger partial charge in [0.15, 0.2) is 17.3 Å². The van der Waals surface area contributed by atoms with Crippen LogP contribution in [0.3, 0.4) is 0 Å². The van der Waals surface area contributed by atoms with Crippen molar-refractivity contribution in [2.75, 3.05) is 0 Å². The average Bonchev–Trinajstić information content (AvgIpc) is 2.72. The first-order valence-electron chi connectivity index (χ1n) is 6.56. The van der Waals surface area contributed by atoms with Gasteiger partial charge in [-0.15, -0.1) is 0 Å². The van der Waals surface area contributed by atoms with Gasteiger partial charge in [0, 0.05) is 28.2 Å². The van der Waals surface area contributed by atoms with Crippen molar-refractivity contribution in [1.29, 1.82) is 10.5 Å². The molecule has 5 heteroatoms. The maximum atomic E-state index is 12.3. The van der Waals surface area contributed by atoms with Gasteiger partial charge in [0.1, 0.15) is 5.92 Å². The molecule has 1 unspecified atom stereocenters. The SMILES string of the molecule is C=C1C(=O)c2cc(C(C)=O)c(C(C)=O)cc2C1C(C#N)C#N. The Hall–Kier alpha value is -3.05. The second kappa shape index (κ2) is 5.38. The van der Waals surface area contributed by atoms with Crippen LogP contribution in [0.2, 0.25) is 0 Å². The normalized spacial score (nSPS) is 16.1. The number of Topliss-reactive ketones (excluding diaryl/α,β-unsaturated/α-hetero) is 3. The molecule has 0 bridgehead atoms. The third-order valence-electron chi connectivity index (χ3n) is 3.81. The van der Waals surface area contributed by atoms with Crippen molar-refractivity contribution in [2.45, 2.75) is 19.8 Å². The third-order valence-corrected chi connectivity index (χ3v) is 3.81. The average molecular weight is 292 g/mol. The van der Waals surface area contributed by atoms with Crippen LogP contribution in [0.25, 0.3) is 0 Å². The van der Waals surface area contributed by atoms with E-state index in [2.05, 4.69) is 6.58 Å². The maximum Gasteiger partial charge on any atom is 0.189 e. The number of nitrogens with zero attached hydrogens (tertiary/aromatic N) is 2. The minimum atomic E-state index is -1.07. The number of benzene rings is 1. The monoisotopic (exact) mass is 292 g/mol. The van der Waals surface area contributed by atoms with E-state index in [0.29, 0.717) is 5.56 Å². The molecule has 0 radical (unpaired) electrons. The van der Waals surface area contributed by atoms with E-state index in [1.807, 2.05) is 12.1 Å². The summed E-state index contributed by atoms with van der Waals surface area (Å²) in [5, 5.41) is 18.2. The summed E-state index contributed by atoms with van der Waals surface area (Å²) in [5.41, 5.74) is 1.14. The highest BCUT2D eigenvalue weighted by Gasteiger charge is 2.39. The fourth-order valence-electron chi connectivity index (χ4n) is 2.71. The predicted molar refractivity (Wildman–Crippen MR) is 77.4 cm³/mol. The lowest BCUT2D eigenvalue weighted by Gasteiger charge is -2.14. The molecule has 1 aromatic rings. The molecule has 1 aromatic carbocycles. The molecule has 0 saturated carbocycles. The first-order chi connectivity index (χ1) is 10.3. The number of allylic oxidation sites excluding steroid dienone is 1. The molecular weight excluding hydrogens is 280 g/mol. The molecule has 0 saturated heterocycles. The predicted octanol–water partition coefficient (Wildman–Crippen LogP) is 2.59. The van der Waals surface area contributed by atoms with Gasteiger partial charge in [0.25, 0.3) is 0 Å². The number of carbonyl (C=O) groups excluding carboxylic acids is 3. The van der Waals surface area contributed by atoms with E-state index in [9.17, 15) is 14.4 Å². The standard InChI is InChI=1S/C17H12N2O3/c1-8-16(11(6-18)7-19)14-4-12(9(2)20)13(10(3)21)5-15(14)17(8)22/h4-5,11,16H,1H2,2-3H3. The zero-order chi connectivity index (χ0) is 16.6. The molecule has 1 atom stereocenters. The van der Waals surface area contributed by atoms with E-state index in [0.717, 1.165) is 0 Å². The minimum absolute atomic E-state index is 0.137. The van der Waals surface area contributed by atoms with Crippen molar-refractivity contribution in [1.82, 2.24) is 0 Å². The Bertz CT molecular complexity index is 808. The zero-order valence-corrected chi connectivity index (χ0v) is 12.1. The first-order valence-corrected chi connectivity index (χ1v) is 6.56. The number of hydrogen-bond donors (Lipinski definition) is 0. The molecule has 2 rings (SSSR count). The van der Waals surface area contributed by atoms with Crippen LogP contribution in [0.1, 0.15) is 56.4 Å². The molecule has 0 aromatic heterocycles. The van der Waals surface area contributed by atoms with Gasteiger partial charge in [-0.2, -0.15) is 10.5 Å². The molecule has 0 fully saturated rings. The molecule has 5 nitrogen and oxygen atoms in total. The van der Waals surface area contributed by atoms with Crippen LogP contribution in [0.15, 0.2) is 24.3 Å². The topological polar surface area (TPSA) is 98.8 Å². The Morgan fingerprint density at radius 1 is 1.14 bits per heavy atom. The maximum absolute atomic E-state index is 12.3. The zero-order valence-electron chi connectivity index (χ0n) is 12.1. The van der Waals surface area contributed by atoms with E-state index >= 15 is 0 Å². The Labute approximate surface area is 127 Å². The second-order valence-corrected chi connectivity index (χ2v) is 5.17. The Morgan fingerprint density at radius 2 is 1.64 bits per heavy atom. The quantitative estimate of drug-likeness (QED) is 0.629. The van der Waals surface area contributed by atoms with Gasteiger partial charge in [0.2, 0.25) is 0 Å². The summed E-state index contributed by atoms with van der Waals surface area (Å²) in [6, 6.07) is 6.50. The summed E-state index contributed by atoms with van der Waals surface area (Å²) in [7, 11) is 0. The minimum Gasteiger partial charge on any atom is -0.294 e. The van der Waals surface area contributed by atoms with Gasteiger partial charge in [0.05, 0.1) is 12.1 Å². The summed E-state index contributed by atoms with van der Waals surface area (Å²) >= 11 is 0. The van der Waals surface area contributed by atoms with Gasteiger partial charge < -0.3 is 0 Å². The molecule has 1 aliphatic rings. The highest BCUT2D eigenvalue weighted by molar-refractivity contribution is 6.17. The van der Waals surface area contributed by atoms with Crippen molar-refractivity contribution in [3.05, 3.63) is 46.5 Å². The summed E-state index contributed by atoms with van der Waals surface area (Å²) in [6.07, 6.45) is 0. The lowest BCUT2D eigenvalue weighted by atomic mass is 9.85. The van der Waals surface area contributed by atoms with Crippen molar-refractivity contribution in [3.63, 3.8) is 0 Å². The van der Waals surface area contributed by atoms with Gasteiger partial charge in [-0.3, -0.25) is 14.4 Å². The molecule has 0 spiro atoms. The lowest BCUT2D eigenvalue weighted by Crippen LogP contribution is -2.11. The summed E-state index contributed by atoms with van der Waals surface area (Å²) in [5.74, 6) is -2.88. The van der Waals surface area contributed by atoms with Gasteiger partial charge in [-0.25, -0.2) is 0 Å². The number of hydrogen-bond acceptors (Lipinski definition) is 5. The molecule has 1 aliphatic carbocycles. The molecule has 22 heavy (non-hydrogen) atoms. The molecular formula is C17H12N2O3. The Kier molecular flexibility index (Phi) is 3.75. The molecule has 0 N–H and O–H groups in total. The molecule has 0 aliphatic heterocycles. The van der Waals surface area contributed by atoms with Gasteiger partial charge in [-0.1, -0.05) is 6.58 Å². The lowest BCUT2D eigenvalue weighted by molar-refractivity contribution is 0.0980. The van der Waals surface area contributed by atoms with Crippen LogP contribution in [-0.4, -0.2) is 17.3 Å². The smallest absolute Gasteiger partial charge is 0.189 e. The number of ketones is 3. The summed E-state index contributed by atoms with van der Waals surface area (Å²) in [4.78, 5) is 35.7. The molecule has 0 heterocycles. The highest BCUT2D eigenvalue weighted by atomic mass is 16.1. The van der Waals surface area contributed by atoms with E-state index in [-0.39, 0.29) is 33.8 Å². The van der Waals surface area contributed by atoms with Crippen molar-refractivity contribution in [3.8, 4) is 12.1 Å². The van der Waals surface area contributed by atoms with E-state index in [1.54, 1.807) is 0 Å². The molecule has 108 valence electrons. The van der Waals surface area contributed by atoms with E-state index < -0.39 is 17.6 Å². The summed E-state index contributed by atoms with van der Waals surface area (Å²) in [6.45, 7) is 6.31. The van der Waals surface area contributed by atoms with Crippen LogP contribution in [0.5, 0.6) is 0 Å². The van der Waals surface area contributed by atoms with Crippen molar-refractivity contribution >= 4 is 17.3 Å². The second-order valence-electron chi connectivity index (χ2n) is 5.17. The third kappa shape index (κ3) is 2.13. The van der Waals surface area contributed by atoms with Crippen molar-refractivity contribution < 1.29 is 14.4 Å². The first kappa shape index (κ1) is 15.3. The van der Waals surface area contributed by atoms with Crippen LogP contribution in [0.4, 0.5) is 0 Å². The van der Waals surface area contributed by atoms with Gasteiger partial charge >= 0.3 is 0 Å². The van der Waals surface area contributed by atoms with Gasteiger partial charge in [-0.05, 0) is 31.5 Å². The Morgan fingerprint density at radius 3 is 2.09 bits per heavy atom. The van der Waals surface area contributed by atoms with Crippen LogP contribution in [-0.2, 0) is 0 Å². The van der Waals surface area contributed by atoms with E-state index in [1.165, 1.54) is 26.0 Å². The fourth-order valence-corrected chi connectivity index (χ4v) is 2.71. The number of nitriles is 2. The highest BCUT2D eigenvalue weighted by Crippen LogP contribution is 2.42. The van der Waals surface area contributed by atoms with E-state index in [4.69, 9.17) is 10.5 Å². The molecule has 0 amide bonds. The van der Waals surface area contributed by atoms with Crippen molar-refractivity contribution in [2.24, 2.45) is 5.92 Å². The Balaban J connectivity index is 2.78. The van der Waals surface area contributed by atoms with Crippen LogP contribution < -0.4 is 0 Å². The van der Waals surface area contributed by atoms with Crippen LogP contribution >= 0.6 is 0 Å². The number of fused-ring (bicyclic) bond motifs is 1. The fraction of sp³-hybridized carbons (Fsp3) is 0.235. The summed E-state index contributed by atoms with van der Waals surface area (Å²) < 4.78 is 0. The van der Waals surface area contributed by atoms with Crippen LogP contribution in [0, 0.1) is 28.6 Å². The number of rotatable bonds is 3. The number of carbonyl (C=O) groups is 3. The largest absolute Gasteiger partial charge is 0.294 e.